The first kappa shape index (κ1) is 19.4. The van der Waals surface area contributed by atoms with Crippen molar-refractivity contribution < 1.29 is 9.59 Å². The van der Waals surface area contributed by atoms with E-state index < -0.39 is 0 Å². The zero-order valence-electron chi connectivity index (χ0n) is 16.5. The number of nitrogens with one attached hydrogen (secondary N) is 2. The van der Waals surface area contributed by atoms with E-state index in [1.165, 1.54) is 5.56 Å². The zero-order valence-corrected chi connectivity index (χ0v) is 16.5. The van der Waals surface area contributed by atoms with Crippen LogP contribution in [-0.4, -0.2) is 41.2 Å². The van der Waals surface area contributed by atoms with Gasteiger partial charge in [-0.25, -0.2) is 0 Å². The molecule has 0 fully saturated rings. The molecule has 5 heteroatoms. The number of fused-ring (bicyclic) bond motifs is 1. The number of aryl methyl sites for hydroxylation is 1. The third-order valence-electron chi connectivity index (χ3n) is 5.56. The number of amides is 1. The molecule has 1 heterocycles. The number of Topliss-reactive ketones (excluding diaryl/α,β-unsaturated/α-hetero) is 1. The summed E-state index contributed by atoms with van der Waals surface area (Å²) in [5.41, 5.74) is 4.15. The summed E-state index contributed by atoms with van der Waals surface area (Å²) >= 11 is 0. The first-order chi connectivity index (χ1) is 13.1. The van der Waals surface area contributed by atoms with Crippen LogP contribution in [0.5, 0.6) is 0 Å². The van der Waals surface area contributed by atoms with Gasteiger partial charge in [-0.15, -0.1) is 0 Å². The fraction of sp³-hybridized carbons (Fsp3) is 0.455. The van der Waals surface area contributed by atoms with Gasteiger partial charge < -0.3 is 10.3 Å². The summed E-state index contributed by atoms with van der Waals surface area (Å²) in [6, 6.07) is 10.4. The minimum atomic E-state index is -0.136. The number of likely N-dealkylation sites (N-methyl/N-ethyl adjacent to an activating group) is 1. The van der Waals surface area contributed by atoms with Crippen LogP contribution in [0.25, 0.3) is 0 Å². The van der Waals surface area contributed by atoms with E-state index in [0.717, 1.165) is 42.8 Å². The second-order valence-corrected chi connectivity index (χ2v) is 7.11. The van der Waals surface area contributed by atoms with Crippen LogP contribution in [0.1, 0.15) is 70.4 Å². The van der Waals surface area contributed by atoms with Gasteiger partial charge in [0, 0.05) is 24.2 Å². The van der Waals surface area contributed by atoms with E-state index in [-0.39, 0.29) is 17.7 Å². The van der Waals surface area contributed by atoms with Gasteiger partial charge in [-0.3, -0.25) is 14.5 Å². The number of rotatable bonds is 7. The minimum Gasteiger partial charge on any atom is -0.354 e. The number of aromatic amines is 1. The highest BCUT2D eigenvalue weighted by atomic mass is 16.2. The van der Waals surface area contributed by atoms with E-state index in [1.807, 2.05) is 25.1 Å². The Balaban J connectivity index is 1.78. The molecule has 0 saturated heterocycles. The Morgan fingerprint density at radius 3 is 2.52 bits per heavy atom. The maximum absolute atomic E-state index is 12.9. The monoisotopic (exact) mass is 367 g/mol. The molecule has 1 unspecified atom stereocenters. The number of hydrogen-bond donors (Lipinski definition) is 2. The molecular formula is C22H29N3O2. The SMILES string of the molecule is CCN(CC)C(CNC(=O)c1[nH]c2c(c1C)C(=O)CCC2)c1ccccc1. The number of H-pyrrole nitrogens is 1. The van der Waals surface area contributed by atoms with Crippen molar-refractivity contribution in [3.63, 3.8) is 0 Å². The van der Waals surface area contributed by atoms with Crippen LogP contribution in [0.2, 0.25) is 0 Å². The summed E-state index contributed by atoms with van der Waals surface area (Å²) in [5, 5.41) is 3.09. The van der Waals surface area contributed by atoms with Crippen LogP contribution in [0.3, 0.4) is 0 Å². The molecule has 144 valence electrons. The average molecular weight is 367 g/mol. The molecule has 0 saturated carbocycles. The standard InChI is InChI=1S/C22H29N3O2/c1-4-25(5-2)18(16-10-7-6-8-11-16)14-23-22(27)21-15(3)20-17(24-21)12-9-13-19(20)26/h6-8,10-11,18,24H,4-5,9,12-14H2,1-3H3,(H,23,27). The van der Waals surface area contributed by atoms with E-state index in [2.05, 4.69) is 41.2 Å². The Bertz CT molecular complexity index is 806. The zero-order chi connectivity index (χ0) is 19.4. The average Bonchev–Trinajstić information content (AvgIpc) is 3.03. The lowest BCUT2D eigenvalue weighted by Gasteiger charge is -2.30. The lowest BCUT2D eigenvalue weighted by molar-refractivity contribution is 0.0929. The van der Waals surface area contributed by atoms with E-state index in [1.54, 1.807) is 0 Å². The van der Waals surface area contributed by atoms with Crippen LogP contribution in [0, 0.1) is 6.92 Å². The predicted octanol–water partition coefficient (Wildman–Crippen LogP) is 3.66. The highest BCUT2D eigenvalue weighted by molar-refractivity contribution is 6.04. The smallest absolute Gasteiger partial charge is 0.268 e. The molecule has 1 aromatic carbocycles. The molecule has 3 rings (SSSR count). The van der Waals surface area contributed by atoms with Crippen molar-refractivity contribution in [2.45, 2.75) is 46.1 Å². The molecule has 1 amide bonds. The molecule has 1 atom stereocenters. The fourth-order valence-electron chi connectivity index (χ4n) is 4.08. The Hall–Kier alpha value is -2.40. The Morgan fingerprint density at radius 2 is 1.89 bits per heavy atom. The molecule has 0 spiro atoms. The molecule has 1 aliphatic carbocycles. The third-order valence-corrected chi connectivity index (χ3v) is 5.56. The predicted molar refractivity (Wildman–Crippen MR) is 107 cm³/mol. The van der Waals surface area contributed by atoms with Crippen LogP contribution in [0.15, 0.2) is 30.3 Å². The highest BCUT2D eigenvalue weighted by Gasteiger charge is 2.27. The normalized spacial score (nSPS) is 14.9. The van der Waals surface area contributed by atoms with Gasteiger partial charge in [0.1, 0.15) is 5.69 Å². The second-order valence-electron chi connectivity index (χ2n) is 7.11. The number of ketones is 1. The topological polar surface area (TPSA) is 65.2 Å². The number of hydrogen-bond acceptors (Lipinski definition) is 3. The Morgan fingerprint density at radius 1 is 1.19 bits per heavy atom. The first-order valence-electron chi connectivity index (χ1n) is 9.88. The first-order valence-corrected chi connectivity index (χ1v) is 9.88. The van der Waals surface area contributed by atoms with Gasteiger partial charge in [0.2, 0.25) is 0 Å². The molecule has 1 aromatic heterocycles. The van der Waals surface area contributed by atoms with Gasteiger partial charge in [0.25, 0.3) is 5.91 Å². The van der Waals surface area contributed by atoms with Crippen molar-refractivity contribution in [3.8, 4) is 0 Å². The van der Waals surface area contributed by atoms with E-state index in [4.69, 9.17) is 0 Å². The number of nitrogens with zero attached hydrogens (tertiary/aromatic N) is 1. The molecule has 27 heavy (non-hydrogen) atoms. The van der Waals surface area contributed by atoms with Crippen LogP contribution >= 0.6 is 0 Å². The molecule has 0 aliphatic heterocycles. The van der Waals surface area contributed by atoms with Gasteiger partial charge in [-0.1, -0.05) is 44.2 Å². The van der Waals surface area contributed by atoms with E-state index in [0.29, 0.717) is 18.7 Å². The minimum absolute atomic E-state index is 0.122. The molecule has 0 bridgehead atoms. The van der Waals surface area contributed by atoms with Gasteiger partial charge >= 0.3 is 0 Å². The van der Waals surface area contributed by atoms with Crippen LogP contribution in [-0.2, 0) is 6.42 Å². The summed E-state index contributed by atoms with van der Waals surface area (Å²) in [7, 11) is 0. The van der Waals surface area contributed by atoms with Gasteiger partial charge in [0.05, 0.1) is 6.04 Å². The lowest BCUT2D eigenvalue weighted by Crippen LogP contribution is -2.38. The van der Waals surface area contributed by atoms with E-state index >= 15 is 0 Å². The lowest BCUT2D eigenvalue weighted by atomic mass is 9.94. The summed E-state index contributed by atoms with van der Waals surface area (Å²) in [6.45, 7) is 8.49. The third kappa shape index (κ3) is 3.98. The quantitative estimate of drug-likeness (QED) is 0.785. The molecular weight excluding hydrogens is 338 g/mol. The summed E-state index contributed by atoms with van der Waals surface area (Å²) < 4.78 is 0. The highest BCUT2D eigenvalue weighted by Crippen LogP contribution is 2.26. The van der Waals surface area contributed by atoms with Crippen molar-refractivity contribution in [1.29, 1.82) is 0 Å². The van der Waals surface area contributed by atoms with E-state index in [9.17, 15) is 9.59 Å². The van der Waals surface area contributed by atoms with Crippen molar-refractivity contribution in [2.75, 3.05) is 19.6 Å². The molecule has 2 N–H and O–H groups in total. The van der Waals surface area contributed by atoms with Gasteiger partial charge in [0.15, 0.2) is 5.78 Å². The summed E-state index contributed by atoms with van der Waals surface area (Å²) in [4.78, 5) is 30.6. The molecule has 0 radical (unpaired) electrons. The Labute approximate surface area is 161 Å². The maximum atomic E-state index is 12.9. The number of carbonyl (C=O) groups excluding carboxylic acids is 2. The van der Waals surface area contributed by atoms with Crippen LogP contribution < -0.4 is 5.32 Å². The van der Waals surface area contributed by atoms with Gasteiger partial charge in [-0.05, 0) is 44.0 Å². The second kappa shape index (κ2) is 8.53. The van der Waals surface area contributed by atoms with Crippen molar-refractivity contribution in [1.82, 2.24) is 15.2 Å². The largest absolute Gasteiger partial charge is 0.354 e. The van der Waals surface area contributed by atoms with Crippen molar-refractivity contribution in [2.24, 2.45) is 0 Å². The molecule has 1 aliphatic rings. The summed E-state index contributed by atoms with van der Waals surface area (Å²) in [6.07, 6.45) is 2.26. The maximum Gasteiger partial charge on any atom is 0.268 e. The summed E-state index contributed by atoms with van der Waals surface area (Å²) in [5.74, 6) is 0.0112. The number of carbonyl (C=O) groups is 2. The van der Waals surface area contributed by atoms with Gasteiger partial charge in [-0.2, -0.15) is 0 Å². The number of benzene rings is 1. The van der Waals surface area contributed by atoms with Crippen molar-refractivity contribution >= 4 is 11.7 Å². The Kier molecular flexibility index (Phi) is 6.11. The van der Waals surface area contributed by atoms with Crippen molar-refractivity contribution in [3.05, 3.63) is 58.4 Å². The molecule has 5 nitrogen and oxygen atoms in total. The van der Waals surface area contributed by atoms with Crippen LogP contribution in [0.4, 0.5) is 0 Å². The number of aromatic nitrogens is 1. The molecule has 2 aromatic rings. The fourth-order valence-corrected chi connectivity index (χ4v) is 4.08.